The minimum atomic E-state index is -0.945. The molecule has 2 aromatic carbocycles. The van der Waals surface area contributed by atoms with Gasteiger partial charge in [0, 0.05) is 10.4 Å². The first-order valence-corrected chi connectivity index (χ1v) is 10.3. The van der Waals surface area contributed by atoms with Crippen molar-refractivity contribution in [2.24, 2.45) is 0 Å². The maximum Gasteiger partial charge on any atom is 0.326 e. The molecule has 3 rings (SSSR count). The molecule has 1 atom stereocenters. The van der Waals surface area contributed by atoms with Gasteiger partial charge in [-0.15, -0.1) is 11.3 Å². The van der Waals surface area contributed by atoms with Gasteiger partial charge in [-0.3, -0.25) is 14.4 Å². The van der Waals surface area contributed by atoms with Crippen LogP contribution in [0.5, 0.6) is 0 Å². The van der Waals surface area contributed by atoms with E-state index in [-0.39, 0.29) is 18.4 Å². The van der Waals surface area contributed by atoms with Crippen molar-refractivity contribution >= 4 is 29.1 Å². The van der Waals surface area contributed by atoms with Crippen molar-refractivity contribution in [3.8, 4) is 11.1 Å². The molecule has 0 spiro atoms. The normalized spacial score (nSPS) is 11.4. The van der Waals surface area contributed by atoms with E-state index in [0.29, 0.717) is 12.1 Å². The topological polar surface area (TPSA) is 84.5 Å². The van der Waals surface area contributed by atoms with E-state index in [4.69, 9.17) is 4.74 Å². The van der Waals surface area contributed by atoms with Crippen LogP contribution in [-0.2, 0) is 20.9 Å². The first-order valence-electron chi connectivity index (χ1n) is 9.46. The fourth-order valence-corrected chi connectivity index (χ4v) is 3.37. The van der Waals surface area contributed by atoms with Crippen LogP contribution in [0.15, 0.2) is 72.1 Å². The van der Waals surface area contributed by atoms with E-state index in [2.05, 4.69) is 10.6 Å². The van der Waals surface area contributed by atoms with Crippen LogP contribution >= 0.6 is 11.3 Å². The number of thiophene rings is 1. The Kier molecular flexibility index (Phi) is 7.34. The van der Waals surface area contributed by atoms with Gasteiger partial charge in [0.2, 0.25) is 0 Å². The van der Waals surface area contributed by atoms with Crippen LogP contribution in [0.25, 0.3) is 11.1 Å². The maximum atomic E-state index is 12.3. The van der Waals surface area contributed by atoms with E-state index in [0.717, 1.165) is 16.0 Å². The lowest BCUT2D eigenvalue weighted by Crippen LogP contribution is -2.38. The second-order valence-corrected chi connectivity index (χ2v) is 7.59. The van der Waals surface area contributed by atoms with Crippen molar-refractivity contribution < 1.29 is 19.1 Å². The van der Waals surface area contributed by atoms with Crippen LogP contribution < -0.4 is 10.6 Å². The van der Waals surface area contributed by atoms with E-state index in [1.807, 2.05) is 60.0 Å². The molecule has 0 aliphatic heterocycles. The van der Waals surface area contributed by atoms with Crippen molar-refractivity contribution in [3.05, 3.63) is 82.6 Å². The SMILES string of the molecule is CC(OC(=O)CNC(=O)c1ccc(-c2ccccc2)cc1)C(=O)NCc1cccs1. The number of carbonyl (C=O) groups is 3. The number of hydrogen-bond acceptors (Lipinski definition) is 5. The van der Waals surface area contributed by atoms with Gasteiger partial charge < -0.3 is 15.4 Å². The van der Waals surface area contributed by atoms with Crippen LogP contribution in [-0.4, -0.2) is 30.4 Å². The van der Waals surface area contributed by atoms with E-state index in [1.165, 1.54) is 18.3 Å². The Balaban J connectivity index is 1.43. The lowest BCUT2D eigenvalue weighted by Gasteiger charge is -2.13. The highest BCUT2D eigenvalue weighted by atomic mass is 32.1. The quantitative estimate of drug-likeness (QED) is 0.545. The van der Waals surface area contributed by atoms with Crippen LogP contribution in [0.1, 0.15) is 22.2 Å². The smallest absolute Gasteiger partial charge is 0.326 e. The van der Waals surface area contributed by atoms with E-state index in [9.17, 15) is 14.4 Å². The Morgan fingerprint density at radius 2 is 1.60 bits per heavy atom. The van der Waals surface area contributed by atoms with Gasteiger partial charge in [-0.2, -0.15) is 0 Å². The molecule has 30 heavy (non-hydrogen) atoms. The number of benzene rings is 2. The number of ether oxygens (including phenoxy) is 1. The van der Waals surface area contributed by atoms with Crippen LogP contribution in [0.2, 0.25) is 0 Å². The summed E-state index contributed by atoms with van der Waals surface area (Å²) in [7, 11) is 0. The summed E-state index contributed by atoms with van der Waals surface area (Å²) in [6.07, 6.45) is -0.945. The molecule has 0 fully saturated rings. The summed E-state index contributed by atoms with van der Waals surface area (Å²) in [5, 5.41) is 7.14. The molecule has 0 saturated carbocycles. The average Bonchev–Trinajstić information content (AvgIpc) is 3.30. The van der Waals surface area contributed by atoms with E-state index >= 15 is 0 Å². The van der Waals surface area contributed by atoms with E-state index < -0.39 is 12.1 Å². The number of nitrogens with one attached hydrogen (secondary N) is 2. The number of amides is 2. The summed E-state index contributed by atoms with van der Waals surface area (Å²) < 4.78 is 5.08. The van der Waals surface area contributed by atoms with Crippen LogP contribution in [0.4, 0.5) is 0 Å². The molecule has 1 heterocycles. The predicted octanol–water partition coefficient (Wildman–Crippen LogP) is 3.39. The van der Waals surface area contributed by atoms with Gasteiger partial charge in [-0.05, 0) is 41.6 Å². The number of esters is 1. The van der Waals surface area contributed by atoms with Gasteiger partial charge >= 0.3 is 5.97 Å². The van der Waals surface area contributed by atoms with Crippen molar-refractivity contribution in [1.82, 2.24) is 10.6 Å². The lowest BCUT2D eigenvalue weighted by molar-refractivity contribution is -0.153. The molecule has 154 valence electrons. The second-order valence-electron chi connectivity index (χ2n) is 6.56. The van der Waals surface area contributed by atoms with Crippen molar-refractivity contribution in [2.45, 2.75) is 19.6 Å². The monoisotopic (exact) mass is 422 g/mol. The highest BCUT2D eigenvalue weighted by molar-refractivity contribution is 7.09. The summed E-state index contributed by atoms with van der Waals surface area (Å²) in [6.45, 7) is 1.56. The van der Waals surface area contributed by atoms with Crippen molar-refractivity contribution in [2.75, 3.05) is 6.54 Å². The molecule has 1 unspecified atom stereocenters. The summed E-state index contributed by atoms with van der Waals surface area (Å²) in [5.74, 6) is -1.45. The predicted molar refractivity (Wildman–Crippen MR) is 116 cm³/mol. The fraction of sp³-hybridized carbons (Fsp3) is 0.174. The number of hydrogen-bond donors (Lipinski definition) is 2. The molecule has 1 aromatic heterocycles. The molecule has 2 amide bonds. The molecule has 3 aromatic rings. The zero-order valence-electron chi connectivity index (χ0n) is 16.5. The third-order valence-electron chi connectivity index (χ3n) is 4.34. The molecular formula is C23H22N2O4S. The molecule has 6 nitrogen and oxygen atoms in total. The third-order valence-corrected chi connectivity index (χ3v) is 5.22. The Morgan fingerprint density at radius 1 is 0.900 bits per heavy atom. The third kappa shape index (κ3) is 6.02. The fourth-order valence-electron chi connectivity index (χ4n) is 2.72. The van der Waals surface area contributed by atoms with Gasteiger partial charge in [0.25, 0.3) is 11.8 Å². The number of rotatable bonds is 8. The second kappa shape index (κ2) is 10.4. The van der Waals surface area contributed by atoms with Gasteiger partial charge in [0.1, 0.15) is 6.54 Å². The summed E-state index contributed by atoms with van der Waals surface area (Å²) in [5.41, 5.74) is 2.48. The highest BCUT2D eigenvalue weighted by Gasteiger charge is 2.18. The molecule has 0 aliphatic carbocycles. The Bertz CT molecular complexity index is 986. The highest BCUT2D eigenvalue weighted by Crippen LogP contribution is 2.19. The van der Waals surface area contributed by atoms with Crippen LogP contribution in [0.3, 0.4) is 0 Å². The maximum absolute atomic E-state index is 12.3. The minimum Gasteiger partial charge on any atom is -0.451 e. The first-order chi connectivity index (χ1) is 14.5. The molecule has 2 N–H and O–H groups in total. The van der Waals surface area contributed by atoms with Gasteiger partial charge in [-0.25, -0.2) is 0 Å². The van der Waals surface area contributed by atoms with Crippen molar-refractivity contribution in [1.29, 1.82) is 0 Å². The summed E-state index contributed by atoms with van der Waals surface area (Å²) in [6, 6.07) is 20.7. The van der Waals surface area contributed by atoms with Crippen LogP contribution in [0, 0.1) is 0 Å². The molecular weight excluding hydrogens is 400 g/mol. The first kappa shape index (κ1) is 21.3. The molecule has 7 heteroatoms. The zero-order chi connectivity index (χ0) is 21.3. The number of carbonyl (C=O) groups excluding carboxylic acids is 3. The lowest BCUT2D eigenvalue weighted by atomic mass is 10.0. The molecule has 0 saturated heterocycles. The molecule has 0 bridgehead atoms. The van der Waals surface area contributed by atoms with Gasteiger partial charge in [0.05, 0.1) is 6.54 Å². The van der Waals surface area contributed by atoms with Crippen molar-refractivity contribution in [3.63, 3.8) is 0 Å². The Hall–Kier alpha value is -3.45. The Labute approximate surface area is 178 Å². The summed E-state index contributed by atoms with van der Waals surface area (Å²) >= 11 is 1.53. The summed E-state index contributed by atoms with van der Waals surface area (Å²) in [4.78, 5) is 37.2. The average molecular weight is 423 g/mol. The largest absolute Gasteiger partial charge is 0.451 e. The minimum absolute atomic E-state index is 0.318. The molecule has 0 radical (unpaired) electrons. The Morgan fingerprint density at radius 3 is 2.27 bits per heavy atom. The standard InChI is InChI=1S/C23H22N2O4S/c1-16(22(27)24-14-20-8-5-13-30-20)29-21(26)15-25-23(28)19-11-9-18(10-12-19)17-6-3-2-4-7-17/h2-13,16H,14-15H2,1H3,(H,24,27)(H,25,28). The van der Waals surface area contributed by atoms with E-state index in [1.54, 1.807) is 12.1 Å². The van der Waals surface area contributed by atoms with Gasteiger partial charge in [-0.1, -0.05) is 48.5 Å². The van der Waals surface area contributed by atoms with Gasteiger partial charge in [0.15, 0.2) is 6.10 Å². The zero-order valence-corrected chi connectivity index (χ0v) is 17.3. The molecule has 0 aliphatic rings.